The molecule has 1 N–H and O–H groups in total. The van der Waals surface area contributed by atoms with Gasteiger partial charge in [-0.15, -0.1) is 0 Å². The fraction of sp³-hybridized carbons (Fsp3) is 0.667. The summed E-state index contributed by atoms with van der Waals surface area (Å²) in [5.74, 6) is 0.0512. The van der Waals surface area contributed by atoms with Crippen molar-refractivity contribution in [1.29, 1.82) is 0 Å². The summed E-state index contributed by atoms with van der Waals surface area (Å²) in [6.45, 7) is 4.25. The smallest absolute Gasteiger partial charge is 0.313 e. The zero-order chi connectivity index (χ0) is 12.4. The summed E-state index contributed by atoms with van der Waals surface area (Å²) in [6.07, 6.45) is 3.43. The third-order valence-electron chi connectivity index (χ3n) is 3.15. The fourth-order valence-corrected chi connectivity index (χ4v) is 2.74. The number of nitrogens with zero attached hydrogens (tertiary/aromatic N) is 2. The SMILES string of the molecule is CCc1cc(SCC(=O)O)n(C(C)C2CC2)n1. The molecule has 1 aliphatic rings. The van der Waals surface area contributed by atoms with Crippen LogP contribution in [-0.4, -0.2) is 26.6 Å². The minimum absolute atomic E-state index is 0.103. The second kappa shape index (κ2) is 5.12. The summed E-state index contributed by atoms with van der Waals surface area (Å²) in [7, 11) is 0. The Kier molecular flexibility index (Phi) is 3.76. The molecule has 0 bridgehead atoms. The molecule has 1 fully saturated rings. The van der Waals surface area contributed by atoms with Gasteiger partial charge in [0.05, 0.1) is 22.5 Å². The first-order valence-electron chi connectivity index (χ1n) is 6.04. The van der Waals surface area contributed by atoms with E-state index >= 15 is 0 Å². The van der Waals surface area contributed by atoms with Gasteiger partial charge in [0.2, 0.25) is 0 Å². The van der Waals surface area contributed by atoms with Crippen molar-refractivity contribution in [3.05, 3.63) is 11.8 Å². The van der Waals surface area contributed by atoms with Crippen LogP contribution in [0, 0.1) is 5.92 Å². The lowest BCUT2D eigenvalue weighted by molar-refractivity contribution is -0.133. The number of rotatable bonds is 6. The molecule has 1 aromatic heterocycles. The number of aryl methyl sites for hydroxylation is 1. The summed E-state index contributed by atoms with van der Waals surface area (Å²) < 4.78 is 2.02. The number of aliphatic carboxylic acids is 1. The van der Waals surface area contributed by atoms with E-state index in [2.05, 4.69) is 18.9 Å². The Labute approximate surface area is 105 Å². The summed E-state index contributed by atoms with van der Waals surface area (Å²) in [6, 6.07) is 2.42. The van der Waals surface area contributed by atoms with Crippen LogP contribution in [0.5, 0.6) is 0 Å². The van der Waals surface area contributed by atoms with Gasteiger partial charge in [0.25, 0.3) is 0 Å². The lowest BCUT2D eigenvalue weighted by Gasteiger charge is -2.13. The molecule has 1 heterocycles. The number of hydrogen-bond donors (Lipinski definition) is 1. The van der Waals surface area contributed by atoms with E-state index in [0.29, 0.717) is 6.04 Å². The highest BCUT2D eigenvalue weighted by atomic mass is 32.2. The van der Waals surface area contributed by atoms with Crippen molar-refractivity contribution >= 4 is 17.7 Å². The molecule has 0 spiro atoms. The van der Waals surface area contributed by atoms with Crippen molar-refractivity contribution in [3.63, 3.8) is 0 Å². The maximum absolute atomic E-state index is 10.6. The second-order valence-electron chi connectivity index (χ2n) is 4.53. The second-order valence-corrected chi connectivity index (χ2v) is 5.53. The first-order chi connectivity index (χ1) is 8.11. The fourth-order valence-electron chi connectivity index (χ4n) is 1.91. The number of aromatic nitrogens is 2. The molecular formula is C12H18N2O2S. The average Bonchev–Trinajstić information content (AvgIpc) is 3.06. The molecule has 1 aromatic rings. The van der Waals surface area contributed by atoms with Crippen LogP contribution < -0.4 is 0 Å². The monoisotopic (exact) mass is 254 g/mol. The first-order valence-corrected chi connectivity index (χ1v) is 7.03. The summed E-state index contributed by atoms with van der Waals surface area (Å²) in [4.78, 5) is 10.6. The van der Waals surface area contributed by atoms with E-state index in [4.69, 9.17) is 5.11 Å². The quantitative estimate of drug-likeness (QED) is 0.793. The number of thioether (sulfide) groups is 1. The van der Waals surface area contributed by atoms with Gasteiger partial charge >= 0.3 is 5.97 Å². The van der Waals surface area contributed by atoms with Gasteiger partial charge < -0.3 is 5.11 Å². The van der Waals surface area contributed by atoms with Crippen LogP contribution in [0.2, 0.25) is 0 Å². The molecule has 0 aliphatic heterocycles. The third kappa shape index (κ3) is 3.03. The van der Waals surface area contributed by atoms with Crippen LogP contribution >= 0.6 is 11.8 Å². The molecule has 0 aromatic carbocycles. The van der Waals surface area contributed by atoms with Crippen LogP contribution in [0.25, 0.3) is 0 Å². The maximum Gasteiger partial charge on any atom is 0.313 e. The molecule has 5 heteroatoms. The number of hydrogen-bond acceptors (Lipinski definition) is 3. The van der Waals surface area contributed by atoms with Gasteiger partial charge in [0.15, 0.2) is 0 Å². The highest BCUT2D eigenvalue weighted by Crippen LogP contribution is 2.40. The van der Waals surface area contributed by atoms with Crippen LogP contribution in [0.3, 0.4) is 0 Å². The van der Waals surface area contributed by atoms with Crippen LogP contribution in [-0.2, 0) is 11.2 Å². The van der Waals surface area contributed by atoms with Gasteiger partial charge in [-0.05, 0) is 38.2 Å². The standard InChI is InChI=1S/C12H18N2O2S/c1-3-10-6-11(17-7-12(15)16)14(13-10)8(2)9-4-5-9/h6,8-9H,3-5,7H2,1-2H3,(H,15,16). The zero-order valence-electron chi connectivity index (χ0n) is 10.2. The molecule has 1 saturated carbocycles. The molecule has 4 nitrogen and oxygen atoms in total. The van der Waals surface area contributed by atoms with E-state index in [9.17, 15) is 4.79 Å². The van der Waals surface area contributed by atoms with Crippen molar-refractivity contribution < 1.29 is 9.90 Å². The molecule has 0 saturated heterocycles. The Hall–Kier alpha value is -0.970. The topological polar surface area (TPSA) is 55.1 Å². The lowest BCUT2D eigenvalue weighted by atomic mass is 10.2. The summed E-state index contributed by atoms with van der Waals surface area (Å²) in [5.41, 5.74) is 1.05. The minimum atomic E-state index is -0.778. The van der Waals surface area contributed by atoms with E-state index in [1.165, 1.54) is 24.6 Å². The van der Waals surface area contributed by atoms with Crippen LogP contribution in [0.15, 0.2) is 11.1 Å². The number of carboxylic acids is 1. The number of carboxylic acid groups (broad SMARTS) is 1. The molecule has 2 rings (SSSR count). The lowest BCUT2D eigenvalue weighted by Crippen LogP contribution is -2.11. The Morgan fingerprint density at radius 2 is 2.41 bits per heavy atom. The molecule has 0 amide bonds. The summed E-state index contributed by atoms with van der Waals surface area (Å²) >= 11 is 1.37. The third-order valence-corrected chi connectivity index (χ3v) is 4.14. The van der Waals surface area contributed by atoms with Gasteiger partial charge in [-0.1, -0.05) is 18.7 Å². The highest BCUT2D eigenvalue weighted by Gasteiger charge is 2.31. The molecule has 94 valence electrons. The van der Waals surface area contributed by atoms with E-state index in [-0.39, 0.29) is 5.75 Å². The van der Waals surface area contributed by atoms with E-state index in [1.807, 2.05) is 10.7 Å². The largest absolute Gasteiger partial charge is 0.481 e. The normalized spacial score (nSPS) is 17.1. The van der Waals surface area contributed by atoms with E-state index in [0.717, 1.165) is 23.1 Å². The van der Waals surface area contributed by atoms with Crippen LogP contribution in [0.4, 0.5) is 0 Å². The molecule has 17 heavy (non-hydrogen) atoms. The Balaban J connectivity index is 2.15. The van der Waals surface area contributed by atoms with Crippen molar-refractivity contribution in [1.82, 2.24) is 9.78 Å². The number of carbonyl (C=O) groups is 1. The van der Waals surface area contributed by atoms with E-state index in [1.54, 1.807) is 0 Å². The predicted molar refractivity (Wildman–Crippen MR) is 67.4 cm³/mol. The molecular weight excluding hydrogens is 236 g/mol. The van der Waals surface area contributed by atoms with Crippen molar-refractivity contribution in [2.45, 2.75) is 44.2 Å². The van der Waals surface area contributed by atoms with Crippen molar-refractivity contribution in [3.8, 4) is 0 Å². The van der Waals surface area contributed by atoms with Gasteiger partial charge in [0.1, 0.15) is 0 Å². The van der Waals surface area contributed by atoms with Gasteiger partial charge in [-0.25, -0.2) is 0 Å². The zero-order valence-corrected chi connectivity index (χ0v) is 11.0. The maximum atomic E-state index is 10.6. The van der Waals surface area contributed by atoms with Crippen LogP contribution in [0.1, 0.15) is 38.4 Å². The van der Waals surface area contributed by atoms with E-state index < -0.39 is 5.97 Å². The van der Waals surface area contributed by atoms with Gasteiger partial charge in [0, 0.05) is 0 Å². The first kappa shape index (κ1) is 12.5. The van der Waals surface area contributed by atoms with Crippen molar-refractivity contribution in [2.75, 3.05) is 5.75 Å². The summed E-state index contributed by atoms with van der Waals surface area (Å²) in [5, 5.41) is 14.3. The molecule has 1 unspecified atom stereocenters. The average molecular weight is 254 g/mol. The molecule has 0 radical (unpaired) electrons. The molecule has 1 atom stereocenters. The van der Waals surface area contributed by atoms with Crippen molar-refractivity contribution in [2.24, 2.45) is 5.92 Å². The predicted octanol–water partition coefficient (Wildman–Crippen LogP) is 2.59. The Morgan fingerprint density at radius 3 is 2.94 bits per heavy atom. The Bertz CT molecular complexity index is 413. The van der Waals surface area contributed by atoms with Gasteiger partial charge in [-0.2, -0.15) is 5.10 Å². The Morgan fingerprint density at radius 1 is 1.71 bits per heavy atom. The minimum Gasteiger partial charge on any atom is -0.481 e. The van der Waals surface area contributed by atoms with Gasteiger partial charge in [-0.3, -0.25) is 9.48 Å². The molecule has 1 aliphatic carbocycles. The highest BCUT2D eigenvalue weighted by molar-refractivity contribution is 7.99.